The van der Waals surface area contributed by atoms with Crippen LogP contribution in [-0.2, 0) is 4.74 Å². The number of benzene rings is 1. The maximum atomic E-state index is 11.5. The van der Waals surface area contributed by atoms with Gasteiger partial charge in [-0.1, -0.05) is 24.3 Å². The molecule has 0 unspecified atom stereocenters. The molecular weight excluding hydrogens is 250 g/mol. The third-order valence-electron chi connectivity index (χ3n) is 4.71. The molecule has 0 saturated carbocycles. The molecule has 1 aromatic carbocycles. The van der Waals surface area contributed by atoms with Crippen molar-refractivity contribution in [2.45, 2.75) is 19.3 Å². The van der Waals surface area contributed by atoms with E-state index in [1.807, 2.05) is 18.2 Å². The van der Waals surface area contributed by atoms with Gasteiger partial charge in [-0.2, -0.15) is 0 Å². The summed E-state index contributed by atoms with van der Waals surface area (Å²) in [4.78, 5) is 14.1. The summed E-state index contributed by atoms with van der Waals surface area (Å²) in [7, 11) is 1.42. The maximum absolute atomic E-state index is 11.5. The zero-order valence-electron chi connectivity index (χ0n) is 12.0. The molecule has 3 heterocycles. The number of nitrogens with zero attached hydrogens (tertiary/aromatic N) is 1. The van der Waals surface area contributed by atoms with Gasteiger partial charge in [0.15, 0.2) is 0 Å². The SMILES string of the molecule is COC(=O)c1cccc(C=CC23CCN(CC2)CC3)c1. The van der Waals surface area contributed by atoms with Crippen molar-refractivity contribution in [1.82, 2.24) is 4.90 Å². The van der Waals surface area contributed by atoms with Gasteiger partial charge in [0, 0.05) is 0 Å². The summed E-state index contributed by atoms with van der Waals surface area (Å²) in [6, 6.07) is 7.64. The number of piperidine rings is 3. The van der Waals surface area contributed by atoms with Crippen molar-refractivity contribution in [3.63, 3.8) is 0 Å². The first-order valence-electron chi connectivity index (χ1n) is 7.31. The van der Waals surface area contributed by atoms with Gasteiger partial charge in [0.1, 0.15) is 0 Å². The van der Waals surface area contributed by atoms with Gasteiger partial charge in [-0.15, -0.1) is 0 Å². The number of esters is 1. The third kappa shape index (κ3) is 2.63. The minimum atomic E-state index is -0.274. The number of hydrogen-bond donors (Lipinski definition) is 0. The summed E-state index contributed by atoms with van der Waals surface area (Å²) >= 11 is 0. The Morgan fingerprint density at radius 1 is 1.25 bits per heavy atom. The summed E-state index contributed by atoms with van der Waals surface area (Å²) in [5.74, 6) is -0.274. The van der Waals surface area contributed by atoms with Crippen LogP contribution in [0.25, 0.3) is 6.08 Å². The highest BCUT2D eigenvalue weighted by molar-refractivity contribution is 5.90. The molecule has 0 atom stereocenters. The van der Waals surface area contributed by atoms with Crippen LogP contribution >= 0.6 is 0 Å². The molecule has 3 heteroatoms. The summed E-state index contributed by atoms with van der Waals surface area (Å²) in [5, 5.41) is 0. The van der Waals surface area contributed by atoms with Crippen LogP contribution in [0.15, 0.2) is 30.3 Å². The lowest BCUT2D eigenvalue weighted by Gasteiger charge is -2.47. The summed E-state index contributed by atoms with van der Waals surface area (Å²) in [6.45, 7) is 3.69. The summed E-state index contributed by atoms with van der Waals surface area (Å²) in [5.41, 5.74) is 2.08. The fourth-order valence-electron chi connectivity index (χ4n) is 3.26. The Labute approximate surface area is 120 Å². The highest BCUT2D eigenvalue weighted by atomic mass is 16.5. The molecule has 1 aromatic rings. The van der Waals surface area contributed by atoms with E-state index in [-0.39, 0.29) is 5.97 Å². The van der Waals surface area contributed by atoms with Gasteiger partial charge in [-0.05, 0) is 62.0 Å². The van der Waals surface area contributed by atoms with Crippen molar-refractivity contribution in [2.24, 2.45) is 5.41 Å². The number of carbonyl (C=O) groups excluding carboxylic acids is 1. The average Bonchev–Trinajstić information content (AvgIpc) is 2.54. The van der Waals surface area contributed by atoms with Gasteiger partial charge in [-0.25, -0.2) is 4.79 Å². The van der Waals surface area contributed by atoms with Crippen LogP contribution in [0.2, 0.25) is 0 Å². The van der Waals surface area contributed by atoms with Gasteiger partial charge >= 0.3 is 5.97 Å². The fraction of sp³-hybridized carbons (Fsp3) is 0.471. The standard InChI is InChI=1S/C17H21NO2/c1-20-16(19)15-4-2-3-14(13-15)5-6-17-7-10-18(11-8-17)12-9-17/h2-6,13H,7-12H2,1H3. The molecule has 0 N–H and O–H groups in total. The second-order valence-corrected chi connectivity index (χ2v) is 5.90. The van der Waals surface area contributed by atoms with Crippen molar-refractivity contribution >= 4 is 12.0 Å². The lowest BCUT2D eigenvalue weighted by molar-refractivity contribution is 0.0600. The molecule has 2 bridgehead atoms. The zero-order valence-corrected chi connectivity index (χ0v) is 12.0. The lowest BCUT2D eigenvalue weighted by atomic mass is 9.72. The van der Waals surface area contributed by atoms with Crippen molar-refractivity contribution in [2.75, 3.05) is 26.7 Å². The van der Waals surface area contributed by atoms with Crippen molar-refractivity contribution in [3.05, 3.63) is 41.5 Å². The lowest BCUT2D eigenvalue weighted by Crippen LogP contribution is -2.47. The Hall–Kier alpha value is -1.61. The Morgan fingerprint density at radius 2 is 1.95 bits per heavy atom. The summed E-state index contributed by atoms with van der Waals surface area (Å²) < 4.78 is 4.76. The molecule has 0 amide bonds. The van der Waals surface area contributed by atoms with Crippen LogP contribution in [0, 0.1) is 5.41 Å². The van der Waals surface area contributed by atoms with Gasteiger partial charge in [0.25, 0.3) is 0 Å². The zero-order chi connectivity index (χ0) is 14.0. The molecule has 4 rings (SSSR count). The first-order chi connectivity index (χ1) is 9.71. The van der Waals surface area contributed by atoms with Gasteiger partial charge in [-0.3, -0.25) is 0 Å². The monoisotopic (exact) mass is 271 g/mol. The normalized spacial score (nSPS) is 28.8. The van der Waals surface area contributed by atoms with E-state index >= 15 is 0 Å². The van der Waals surface area contributed by atoms with E-state index in [0.29, 0.717) is 11.0 Å². The minimum Gasteiger partial charge on any atom is -0.465 e. The highest BCUT2D eigenvalue weighted by Crippen LogP contribution is 2.41. The van der Waals surface area contributed by atoms with E-state index in [4.69, 9.17) is 4.74 Å². The van der Waals surface area contributed by atoms with Gasteiger partial charge in [0.05, 0.1) is 12.7 Å². The fourth-order valence-corrected chi connectivity index (χ4v) is 3.26. The van der Waals surface area contributed by atoms with Crippen LogP contribution in [0.3, 0.4) is 0 Å². The van der Waals surface area contributed by atoms with E-state index in [1.165, 1.54) is 46.0 Å². The topological polar surface area (TPSA) is 29.5 Å². The molecule has 0 spiro atoms. The van der Waals surface area contributed by atoms with Gasteiger partial charge in [0.2, 0.25) is 0 Å². The predicted octanol–water partition coefficient (Wildman–Crippen LogP) is 2.97. The van der Waals surface area contributed by atoms with E-state index in [0.717, 1.165) is 5.56 Å². The van der Waals surface area contributed by atoms with E-state index in [2.05, 4.69) is 17.1 Å². The van der Waals surface area contributed by atoms with Crippen molar-refractivity contribution < 1.29 is 9.53 Å². The Kier molecular flexibility index (Phi) is 3.62. The van der Waals surface area contributed by atoms with E-state index in [9.17, 15) is 4.79 Å². The molecule has 0 aromatic heterocycles. The molecular formula is C17H21NO2. The first-order valence-corrected chi connectivity index (χ1v) is 7.31. The van der Waals surface area contributed by atoms with Crippen molar-refractivity contribution in [1.29, 1.82) is 0 Å². The van der Waals surface area contributed by atoms with Crippen LogP contribution in [0.4, 0.5) is 0 Å². The van der Waals surface area contributed by atoms with Gasteiger partial charge < -0.3 is 9.64 Å². The molecule has 3 aliphatic heterocycles. The molecule has 3 aliphatic rings. The number of allylic oxidation sites excluding steroid dienone is 1. The largest absolute Gasteiger partial charge is 0.465 e. The van der Waals surface area contributed by atoms with E-state index in [1.54, 1.807) is 6.07 Å². The molecule has 3 nitrogen and oxygen atoms in total. The Balaban J connectivity index is 1.77. The van der Waals surface area contributed by atoms with Crippen LogP contribution in [0.1, 0.15) is 35.2 Å². The molecule has 3 fully saturated rings. The third-order valence-corrected chi connectivity index (χ3v) is 4.71. The second kappa shape index (κ2) is 5.41. The molecule has 20 heavy (non-hydrogen) atoms. The maximum Gasteiger partial charge on any atom is 0.337 e. The van der Waals surface area contributed by atoms with Crippen LogP contribution in [0.5, 0.6) is 0 Å². The highest BCUT2D eigenvalue weighted by Gasteiger charge is 2.36. The van der Waals surface area contributed by atoms with E-state index < -0.39 is 0 Å². The Bertz CT molecular complexity index is 514. The number of carbonyl (C=O) groups is 1. The number of hydrogen-bond acceptors (Lipinski definition) is 3. The quantitative estimate of drug-likeness (QED) is 0.792. The first kappa shape index (κ1) is 13.4. The number of ether oxygens (including phenoxy) is 1. The Morgan fingerprint density at radius 3 is 2.60 bits per heavy atom. The minimum absolute atomic E-state index is 0.274. The average molecular weight is 271 g/mol. The van der Waals surface area contributed by atoms with Crippen molar-refractivity contribution in [3.8, 4) is 0 Å². The molecule has 106 valence electrons. The second-order valence-electron chi connectivity index (χ2n) is 5.90. The van der Waals surface area contributed by atoms with Crippen LogP contribution < -0.4 is 0 Å². The smallest absolute Gasteiger partial charge is 0.337 e. The number of fused-ring (bicyclic) bond motifs is 3. The molecule has 0 radical (unpaired) electrons. The summed E-state index contributed by atoms with van der Waals surface area (Å²) in [6.07, 6.45) is 8.34. The molecule has 0 aliphatic carbocycles. The van der Waals surface area contributed by atoms with Crippen LogP contribution in [-0.4, -0.2) is 37.6 Å². The predicted molar refractivity (Wildman–Crippen MR) is 79.5 cm³/mol. The molecule has 3 saturated heterocycles. The number of methoxy groups -OCH3 is 1. The number of rotatable bonds is 3.